The van der Waals surface area contributed by atoms with Gasteiger partial charge in [0.15, 0.2) is 11.6 Å². The fourth-order valence-corrected chi connectivity index (χ4v) is 8.58. The van der Waals surface area contributed by atoms with Gasteiger partial charge < -0.3 is 10.6 Å². The number of anilines is 4. The molecule has 0 aromatic heterocycles. The van der Waals surface area contributed by atoms with Gasteiger partial charge in [-0.05, 0) is 49.9 Å². The number of hydrogen-bond donors (Lipinski definition) is 2. The van der Waals surface area contributed by atoms with Crippen molar-refractivity contribution in [1.29, 1.82) is 0 Å². The molecule has 0 heterocycles. The first kappa shape index (κ1) is 29.8. The van der Waals surface area contributed by atoms with E-state index in [4.69, 9.17) is 21.4 Å². The molecule has 0 unspecified atom stereocenters. The lowest BCUT2D eigenvalue weighted by atomic mass is 9.82. The van der Waals surface area contributed by atoms with Crippen molar-refractivity contribution in [2.75, 3.05) is 10.6 Å². The average molecular weight is 644 g/mol. The van der Waals surface area contributed by atoms with Crippen LogP contribution in [-0.4, -0.2) is 28.4 Å². The van der Waals surface area contributed by atoms with Crippen LogP contribution in [0.3, 0.4) is 0 Å². The van der Waals surface area contributed by atoms with Gasteiger partial charge in [0.25, 0.3) is 18.1 Å². The van der Waals surface area contributed by atoms with Gasteiger partial charge in [0, 0.05) is 43.9 Å². The normalized spacial score (nSPS) is 13.0. The number of halogens is 2. The maximum atomic E-state index is 14.2. The molecule has 0 aliphatic heterocycles. The third kappa shape index (κ3) is 4.98. The Morgan fingerprint density at radius 1 is 0.500 bits per heavy atom. The number of aryl methyl sites for hydroxylation is 4. The number of para-hydroxylation sites is 2. The van der Waals surface area contributed by atoms with Gasteiger partial charge in [0.05, 0.1) is 22.5 Å². The summed E-state index contributed by atoms with van der Waals surface area (Å²) in [6.45, 7) is 6.98. The molecule has 0 amide bonds. The molecular formula is C30H24Cl2N2O6S2. The lowest BCUT2D eigenvalue weighted by Crippen LogP contribution is -2.26. The topological polar surface area (TPSA) is 126 Å². The molecule has 5 rings (SSSR count). The van der Waals surface area contributed by atoms with Crippen molar-refractivity contribution in [3.8, 4) is 0 Å². The average Bonchev–Trinajstić information content (AvgIpc) is 2.90. The van der Waals surface area contributed by atoms with E-state index in [1.165, 1.54) is 12.1 Å². The molecule has 0 fully saturated rings. The van der Waals surface area contributed by atoms with Gasteiger partial charge in [-0.2, -0.15) is 0 Å². The van der Waals surface area contributed by atoms with Gasteiger partial charge in [-0.15, -0.1) is 0 Å². The van der Waals surface area contributed by atoms with E-state index in [2.05, 4.69) is 10.6 Å². The number of carbonyl (C=O) groups is 2. The van der Waals surface area contributed by atoms with Gasteiger partial charge in [0.1, 0.15) is 9.79 Å². The highest BCUT2D eigenvalue weighted by molar-refractivity contribution is 8.16. The molecule has 4 aromatic carbocycles. The van der Waals surface area contributed by atoms with Crippen LogP contribution in [0.1, 0.15) is 54.1 Å². The summed E-state index contributed by atoms with van der Waals surface area (Å²) in [5.41, 5.74) is 1.85. The van der Waals surface area contributed by atoms with Crippen LogP contribution in [-0.2, 0) is 18.1 Å². The van der Waals surface area contributed by atoms with E-state index in [0.717, 1.165) is 0 Å². The summed E-state index contributed by atoms with van der Waals surface area (Å²) in [5.74, 6) is -1.39. The summed E-state index contributed by atoms with van der Waals surface area (Å²) in [4.78, 5) is 26.4. The molecule has 1 aliphatic rings. The minimum Gasteiger partial charge on any atom is -0.353 e. The monoisotopic (exact) mass is 642 g/mol. The molecule has 0 spiro atoms. The molecule has 12 heteroatoms. The quantitative estimate of drug-likeness (QED) is 0.189. The van der Waals surface area contributed by atoms with Crippen LogP contribution >= 0.6 is 21.4 Å². The fraction of sp³-hybridized carbons (Fsp3) is 0.133. The van der Waals surface area contributed by atoms with Gasteiger partial charge in [-0.1, -0.05) is 60.7 Å². The second-order valence-electron chi connectivity index (χ2n) is 10.0. The minimum atomic E-state index is -4.94. The van der Waals surface area contributed by atoms with Crippen molar-refractivity contribution in [3.05, 3.63) is 105 Å². The van der Waals surface area contributed by atoms with Crippen LogP contribution in [0, 0.1) is 27.7 Å². The number of benzene rings is 4. The van der Waals surface area contributed by atoms with Crippen molar-refractivity contribution in [2.45, 2.75) is 37.5 Å². The Balaban J connectivity index is 2.04. The second-order valence-corrected chi connectivity index (χ2v) is 15.0. The predicted molar refractivity (Wildman–Crippen MR) is 164 cm³/mol. The number of hydrogen-bond acceptors (Lipinski definition) is 8. The number of fused-ring (bicyclic) bond motifs is 2. The van der Waals surface area contributed by atoms with Gasteiger partial charge >= 0.3 is 0 Å². The Hall–Kier alpha value is -3.70. The van der Waals surface area contributed by atoms with Crippen LogP contribution < -0.4 is 10.6 Å². The van der Waals surface area contributed by atoms with Crippen molar-refractivity contribution in [1.82, 2.24) is 0 Å². The highest BCUT2D eigenvalue weighted by Crippen LogP contribution is 2.49. The minimum absolute atomic E-state index is 0.0250. The molecule has 0 saturated carbocycles. The Bertz CT molecular complexity index is 1890. The van der Waals surface area contributed by atoms with E-state index < -0.39 is 50.8 Å². The summed E-state index contributed by atoms with van der Waals surface area (Å²) < 4.78 is 53.3. The Labute approximate surface area is 252 Å². The summed E-state index contributed by atoms with van der Waals surface area (Å²) in [6.07, 6.45) is 0. The van der Waals surface area contributed by atoms with E-state index in [9.17, 15) is 26.4 Å². The Kier molecular flexibility index (Phi) is 7.47. The molecule has 4 aromatic rings. The van der Waals surface area contributed by atoms with Crippen molar-refractivity contribution in [2.24, 2.45) is 0 Å². The molecule has 42 heavy (non-hydrogen) atoms. The fourth-order valence-electron chi connectivity index (χ4n) is 5.28. The second kappa shape index (κ2) is 10.5. The van der Waals surface area contributed by atoms with Crippen LogP contribution in [0.15, 0.2) is 70.5 Å². The van der Waals surface area contributed by atoms with Crippen LogP contribution in [0.25, 0.3) is 0 Å². The molecule has 8 nitrogen and oxygen atoms in total. The third-order valence-corrected chi connectivity index (χ3v) is 10.1. The maximum absolute atomic E-state index is 14.2. The van der Waals surface area contributed by atoms with E-state index >= 15 is 0 Å². The molecule has 1 aliphatic carbocycles. The highest BCUT2D eigenvalue weighted by Gasteiger charge is 2.43. The lowest BCUT2D eigenvalue weighted by Gasteiger charge is -2.28. The van der Waals surface area contributed by atoms with Crippen molar-refractivity contribution in [3.63, 3.8) is 0 Å². The number of ketones is 2. The van der Waals surface area contributed by atoms with E-state index in [1.807, 2.05) is 0 Å². The molecule has 2 N–H and O–H groups in total. The Morgan fingerprint density at radius 3 is 1.10 bits per heavy atom. The van der Waals surface area contributed by atoms with Crippen LogP contribution in [0.5, 0.6) is 0 Å². The smallest absolute Gasteiger partial charge is 0.264 e. The molecule has 216 valence electrons. The van der Waals surface area contributed by atoms with Gasteiger partial charge in [-0.25, -0.2) is 16.8 Å². The molecule has 0 radical (unpaired) electrons. The Morgan fingerprint density at radius 2 is 0.810 bits per heavy atom. The summed E-state index contributed by atoms with van der Waals surface area (Å²) in [6, 6.07) is 16.6. The SMILES string of the molecule is Cc1cccc(C)c1Nc1c2c(c(Nc3c(C)cccc3C)c(S(=O)(=O)Cl)c1S(=O)(=O)Cl)C(=O)c1ccccc1C2=O. The van der Waals surface area contributed by atoms with E-state index in [0.29, 0.717) is 33.6 Å². The van der Waals surface area contributed by atoms with Gasteiger partial charge in [-0.3, -0.25) is 9.59 Å². The summed E-state index contributed by atoms with van der Waals surface area (Å²) >= 11 is 0. The van der Waals surface area contributed by atoms with Crippen molar-refractivity contribution < 1.29 is 26.4 Å². The van der Waals surface area contributed by atoms with E-state index in [-0.39, 0.29) is 22.3 Å². The van der Waals surface area contributed by atoms with Gasteiger partial charge in [0.2, 0.25) is 0 Å². The number of carbonyl (C=O) groups excluding carboxylic acids is 2. The van der Waals surface area contributed by atoms with E-state index in [1.54, 1.807) is 76.2 Å². The zero-order valence-electron chi connectivity index (χ0n) is 22.8. The van der Waals surface area contributed by atoms with Crippen LogP contribution in [0.2, 0.25) is 0 Å². The largest absolute Gasteiger partial charge is 0.353 e. The first-order chi connectivity index (χ1) is 19.6. The van der Waals surface area contributed by atoms with Crippen LogP contribution in [0.4, 0.5) is 22.7 Å². The predicted octanol–water partition coefficient (Wildman–Crippen LogP) is 7.04. The standard InChI is InChI=1S/C30H24Cl2N2O6S2/c1-15-9-7-10-16(2)23(15)33-25-21-22(28(36)20-14-6-5-13-19(20)27(21)35)26(34-24-17(3)11-8-12-18(24)4)30(42(32,39)40)29(25)41(31,37)38/h5-14,33-34H,1-4H3. The summed E-state index contributed by atoms with van der Waals surface area (Å²) in [5, 5.41) is 5.93. The number of rotatable bonds is 6. The zero-order valence-corrected chi connectivity index (χ0v) is 25.9. The lowest BCUT2D eigenvalue weighted by molar-refractivity contribution is 0.0980. The maximum Gasteiger partial charge on any atom is 0.264 e. The first-order valence-electron chi connectivity index (χ1n) is 12.6. The molecule has 0 atom stereocenters. The third-order valence-electron chi connectivity index (χ3n) is 7.23. The highest BCUT2D eigenvalue weighted by atomic mass is 35.7. The molecule has 0 saturated heterocycles. The zero-order chi connectivity index (χ0) is 30.7. The molecular weight excluding hydrogens is 619 g/mol. The molecule has 0 bridgehead atoms. The number of nitrogens with one attached hydrogen (secondary N) is 2. The van der Waals surface area contributed by atoms with Crippen molar-refractivity contribution >= 4 is 73.8 Å². The summed E-state index contributed by atoms with van der Waals surface area (Å²) in [7, 11) is 2.07. The first-order valence-corrected chi connectivity index (χ1v) is 17.2.